The Bertz CT molecular complexity index is 441. The molecule has 5 nitrogen and oxygen atoms in total. The average molecular weight is 279 g/mol. The van der Waals surface area contributed by atoms with Crippen molar-refractivity contribution in [2.75, 3.05) is 21.3 Å². The molecule has 3 unspecified atom stereocenters. The Labute approximate surface area is 121 Å². The van der Waals surface area contributed by atoms with E-state index in [1.165, 1.54) is 12.8 Å². The van der Waals surface area contributed by atoms with Crippen molar-refractivity contribution in [2.24, 2.45) is 5.92 Å². The Balaban J connectivity index is 2.38. The Kier molecular flexibility index (Phi) is 4.94. The van der Waals surface area contributed by atoms with Gasteiger partial charge in [-0.15, -0.1) is 0 Å². The van der Waals surface area contributed by atoms with Crippen LogP contribution in [0, 0.1) is 5.92 Å². The zero-order valence-corrected chi connectivity index (χ0v) is 12.8. The van der Waals surface area contributed by atoms with Gasteiger partial charge in [0, 0.05) is 19.5 Å². The number of ether oxygens (including phenoxy) is 2. The second-order valence-electron chi connectivity index (χ2n) is 5.64. The fraction of sp³-hybridized carbons (Fsp3) is 0.733. The molecular formula is C15H25N3O2. The molecule has 1 fully saturated rings. The van der Waals surface area contributed by atoms with Gasteiger partial charge in [0.25, 0.3) is 0 Å². The van der Waals surface area contributed by atoms with E-state index in [0.717, 1.165) is 18.5 Å². The van der Waals surface area contributed by atoms with E-state index in [0.29, 0.717) is 11.8 Å². The molecule has 1 heterocycles. The van der Waals surface area contributed by atoms with Gasteiger partial charge in [-0.2, -0.15) is 0 Å². The second kappa shape index (κ2) is 6.50. The number of rotatable bonds is 5. The van der Waals surface area contributed by atoms with E-state index in [9.17, 15) is 0 Å². The molecule has 20 heavy (non-hydrogen) atoms. The van der Waals surface area contributed by atoms with Gasteiger partial charge < -0.3 is 14.8 Å². The first-order chi connectivity index (χ1) is 9.66. The summed E-state index contributed by atoms with van der Waals surface area (Å²) >= 11 is 0. The van der Waals surface area contributed by atoms with Crippen molar-refractivity contribution in [1.29, 1.82) is 0 Å². The first kappa shape index (κ1) is 15.2. The summed E-state index contributed by atoms with van der Waals surface area (Å²) in [6, 6.07) is -0.0149. The average Bonchev–Trinajstić information content (AvgIpc) is 2.48. The van der Waals surface area contributed by atoms with Gasteiger partial charge in [0.1, 0.15) is 5.69 Å². The number of methoxy groups -OCH3 is 2. The smallest absolute Gasteiger partial charge is 0.237 e. The lowest BCUT2D eigenvalue weighted by Gasteiger charge is -2.44. The monoisotopic (exact) mass is 279 g/mol. The lowest BCUT2D eigenvalue weighted by atomic mass is 9.73. The minimum Gasteiger partial charge on any atom is -0.480 e. The third-order valence-electron chi connectivity index (χ3n) is 4.37. The maximum atomic E-state index is 5.97. The Morgan fingerprint density at radius 2 is 2.10 bits per heavy atom. The Hall–Kier alpha value is -1.20. The van der Waals surface area contributed by atoms with Crippen LogP contribution in [-0.4, -0.2) is 36.8 Å². The summed E-state index contributed by atoms with van der Waals surface area (Å²) in [6.07, 6.45) is 7.85. The molecule has 0 radical (unpaired) electrons. The molecule has 112 valence electrons. The molecule has 0 aliphatic heterocycles. The number of aromatic nitrogens is 2. The minimum atomic E-state index is -0.240. The molecule has 1 saturated carbocycles. The summed E-state index contributed by atoms with van der Waals surface area (Å²) in [7, 11) is 5.37. The molecule has 2 rings (SSSR count). The lowest BCUT2D eigenvalue weighted by molar-refractivity contribution is -0.0804. The van der Waals surface area contributed by atoms with Gasteiger partial charge in [-0.1, -0.05) is 19.8 Å². The maximum absolute atomic E-state index is 5.97. The molecule has 0 aromatic carbocycles. The van der Waals surface area contributed by atoms with Crippen LogP contribution in [0.1, 0.15) is 44.3 Å². The van der Waals surface area contributed by atoms with Gasteiger partial charge in [-0.05, 0) is 25.8 Å². The van der Waals surface area contributed by atoms with Gasteiger partial charge in [0.05, 0.1) is 18.8 Å². The summed E-state index contributed by atoms with van der Waals surface area (Å²) in [4.78, 5) is 8.75. The molecule has 1 aromatic rings. The third kappa shape index (κ3) is 2.79. The standard InChI is InChI=1S/C15H25N3O2/c1-11-6-5-7-15(10-11,20-4)13(16-2)12-14(19-3)18-9-8-17-12/h8-9,11,13,16H,5-7,10H2,1-4H3. The molecule has 1 aliphatic rings. The van der Waals surface area contributed by atoms with Crippen molar-refractivity contribution in [2.45, 2.75) is 44.2 Å². The Morgan fingerprint density at radius 1 is 1.35 bits per heavy atom. The van der Waals surface area contributed by atoms with Crippen LogP contribution >= 0.6 is 0 Å². The van der Waals surface area contributed by atoms with Crippen molar-refractivity contribution in [3.63, 3.8) is 0 Å². The third-order valence-corrected chi connectivity index (χ3v) is 4.37. The van der Waals surface area contributed by atoms with Crippen LogP contribution < -0.4 is 10.1 Å². The van der Waals surface area contributed by atoms with Gasteiger partial charge >= 0.3 is 0 Å². The van der Waals surface area contributed by atoms with Crippen LogP contribution in [0.2, 0.25) is 0 Å². The van der Waals surface area contributed by atoms with E-state index >= 15 is 0 Å². The van der Waals surface area contributed by atoms with Crippen LogP contribution in [0.3, 0.4) is 0 Å². The van der Waals surface area contributed by atoms with Gasteiger partial charge in [-0.25, -0.2) is 4.98 Å². The highest BCUT2D eigenvalue weighted by atomic mass is 16.5. The van der Waals surface area contributed by atoms with E-state index in [1.54, 1.807) is 26.6 Å². The van der Waals surface area contributed by atoms with Gasteiger partial charge in [0.2, 0.25) is 5.88 Å². The number of nitrogens with zero attached hydrogens (tertiary/aromatic N) is 2. The van der Waals surface area contributed by atoms with E-state index in [-0.39, 0.29) is 11.6 Å². The predicted octanol–water partition coefficient (Wildman–Crippen LogP) is 2.34. The van der Waals surface area contributed by atoms with E-state index in [1.807, 2.05) is 7.05 Å². The van der Waals surface area contributed by atoms with E-state index in [2.05, 4.69) is 22.2 Å². The van der Waals surface area contributed by atoms with Crippen LogP contribution in [0.4, 0.5) is 0 Å². The zero-order valence-electron chi connectivity index (χ0n) is 12.8. The van der Waals surface area contributed by atoms with Crippen molar-refractivity contribution in [3.05, 3.63) is 18.1 Å². The molecule has 3 atom stereocenters. The number of likely N-dealkylation sites (N-methyl/N-ethyl adjacent to an activating group) is 1. The van der Waals surface area contributed by atoms with Gasteiger partial charge in [0.15, 0.2) is 0 Å². The van der Waals surface area contributed by atoms with Crippen LogP contribution in [0.5, 0.6) is 5.88 Å². The Morgan fingerprint density at radius 3 is 2.70 bits per heavy atom. The zero-order chi connectivity index (χ0) is 14.6. The molecule has 1 aliphatic carbocycles. The number of nitrogens with one attached hydrogen (secondary N) is 1. The number of hydrogen-bond acceptors (Lipinski definition) is 5. The summed E-state index contributed by atoms with van der Waals surface area (Å²) in [6.45, 7) is 2.29. The number of hydrogen-bond donors (Lipinski definition) is 1. The minimum absolute atomic E-state index is 0.0149. The molecular weight excluding hydrogens is 254 g/mol. The highest BCUT2D eigenvalue weighted by Gasteiger charge is 2.44. The van der Waals surface area contributed by atoms with Crippen LogP contribution in [0.15, 0.2) is 12.4 Å². The first-order valence-corrected chi connectivity index (χ1v) is 7.24. The molecule has 0 saturated heterocycles. The summed E-state index contributed by atoms with van der Waals surface area (Å²) in [5.41, 5.74) is 0.587. The first-order valence-electron chi connectivity index (χ1n) is 7.24. The second-order valence-corrected chi connectivity index (χ2v) is 5.64. The summed E-state index contributed by atoms with van der Waals surface area (Å²) < 4.78 is 11.3. The molecule has 1 aromatic heterocycles. The van der Waals surface area contributed by atoms with E-state index < -0.39 is 0 Å². The normalized spacial score (nSPS) is 28.1. The summed E-state index contributed by atoms with van der Waals surface area (Å²) in [5, 5.41) is 3.37. The highest BCUT2D eigenvalue weighted by Crippen LogP contribution is 2.44. The highest BCUT2D eigenvalue weighted by molar-refractivity contribution is 5.25. The van der Waals surface area contributed by atoms with E-state index in [4.69, 9.17) is 9.47 Å². The maximum Gasteiger partial charge on any atom is 0.237 e. The fourth-order valence-electron chi connectivity index (χ4n) is 3.45. The van der Waals surface area contributed by atoms with Crippen LogP contribution in [0.25, 0.3) is 0 Å². The lowest BCUT2D eigenvalue weighted by Crippen LogP contribution is -2.48. The predicted molar refractivity (Wildman–Crippen MR) is 77.8 cm³/mol. The summed E-state index contributed by atoms with van der Waals surface area (Å²) in [5.74, 6) is 1.23. The van der Waals surface area contributed by atoms with Gasteiger partial charge in [-0.3, -0.25) is 4.98 Å². The molecule has 1 N–H and O–H groups in total. The molecule has 0 amide bonds. The molecule has 0 spiro atoms. The largest absolute Gasteiger partial charge is 0.480 e. The quantitative estimate of drug-likeness (QED) is 0.896. The SMILES string of the molecule is CNC(c1nccnc1OC)C1(OC)CCCC(C)C1. The van der Waals surface area contributed by atoms with Crippen LogP contribution in [-0.2, 0) is 4.74 Å². The molecule has 5 heteroatoms. The molecule has 0 bridgehead atoms. The van der Waals surface area contributed by atoms with Crippen molar-refractivity contribution < 1.29 is 9.47 Å². The fourth-order valence-corrected chi connectivity index (χ4v) is 3.45. The van der Waals surface area contributed by atoms with Crippen molar-refractivity contribution in [1.82, 2.24) is 15.3 Å². The van der Waals surface area contributed by atoms with Crippen molar-refractivity contribution in [3.8, 4) is 5.88 Å². The topological polar surface area (TPSA) is 56.3 Å². The van der Waals surface area contributed by atoms with Crippen molar-refractivity contribution >= 4 is 0 Å².